The maximum Gasteiger partial charge on any atom is 0.225 e. The number of hydrogen-bond acceptors (Lipinski definition) is 3. The summed E-state index contributed by atoms with van der Waals surface area (Å²) in [6.07, 6.45) is 8.73. The van der Waals surface area contributed by atoms with E-state index >= 15 is 0 Å². The van der Waals surface area contributed by atoms with Crippen molar-refractivity contribution in [3.63, 3.8) is 0 Å². The molecule has 0 bridgehead atoms. The molecule has 0 spiro atoms. The largest absolute Gasteiger partial charge is 0.340 e. The van der Waals surface area contributed by atoms with Crippen LogP contribution in [0.5, 0.6) is 0 Å². The van der Waals surface area contributed by atoms with Gasteiger partial charge in [-0.15, -0.1) is 0 Å². The first kappa shape index (κ1) is 17.8. The molecular formula is C17H31NO3S. The van der Waals surface area contributed by atoms with Gasteiger partial charge in [-0.25, -0.2) is 8.42 Å². The van der Waals surface area contributed by atoms with Gasteiger partial charge in [0.2, 0.25) is 5.91 Å². The molecule has 0 aromatic heterocycles. The van der Waals surface area contributed by atoms with Crippen LogP contribution in [-0.4, -0.2) is 42.8 Å². The lowest BCUT2D eigenvalue weighted by Gasteiger charge is -2.42. The highest BCUT2D eigenvalue weighted by Crippen LogP contribution is 2.31. The summed E-state index contributed by atoms with van der Waals surface area (Å²) in [7, 11) is -3.04. The van der Waals surface area contributed by atoms with Crippen molar-refractivity contribution in [3.8, 4) is 0 Å². The molecule has 0 unspecified atom stereocenters. The summed E-state index contributed by atoms with van der Waals surface area (Å²) in [5.74, 6) is 0.270. The first-order valence-corrected chi connectivity index (χ1v) is 10.6. The van der Waals surface area contributed by atoms with E-state index < -0.39 is 9.84 Å². The number of rotatable bonds is 7. The van der Waals surface area contributed by atoms with Crippen molar-refractivity contribution in [1.82, 2.24) is 4.90 Å². The van der Waals surface area contributed by atoms with Crippen LogP contribution in [0, 0.1) is 5.92 Å². The lowest BCUT2D eigenvalue weighted by atomic mass is 9.95. The van der Waals surface area contributed by atoms with Crippen molar-refractivity contribution in [3.05, 3.63) is 0 Å². The molecule has 0 radical (unpaired) electrons. The summed E-state index contributed by atoms with van der Waals surface area (Å²) < 4.78 is 25.2. The molecule has 1 aliphatic heterocycles. The van der Waals surface area contributed by atoms with Gasteiger partial charge in [0.05, 0.1) is 10.5 Å². The van der Waals surface area contributed by atoms with Crippen LogP contribution in [0.1, 0.15) is 71.6 Å². The molecule has 1 heterocycles. The Kier molecular flexibility index (Phi) is 6.30. The van der Waals surface area contributed by atoms with Gasteiger partial charge >= 0.3 is 0 Å². The highest BCUT2D eigenvalue weighted by Gasteiger charge is 2.44. The fraction of sp³-hybridized carbons (Fsp3) is 0.941. The topological polar surface area (TPSA) is 54.5 Å². The molecule has 2 aliphatic rings. The van der Waals surface area contributed by atoms with E-state index in [1.165, 1.54) is 0 Å². The van der Waals surface area contributed by atoms with Gasteiger partial charge in [0.15, 0.2) is 9.84 Å². The SMILES string of the molecule is CCCC(CCC)C(=O)N1CC(S(=O)(=O)C2CCCCC2)C1. The molecule has 4 nitrogen and oxygen atoms in total. The van der Waals surface area contributed by atoms with E-state index in [4.69, 9.17) is 0 Å². The number of carbonyl (C=O) groups is 1. The zero-order chi connectivity index (χ0) is 16.2. The van der Waals surface area contributed by atoms with Gasteiger partial charge in [0, 0.05) is 19.0 Å². The zero-order valence-corrected chi connectivity index (χ0v) is 14.9. The zero-order valence-electron chi connectivity index (χ0n) is 14.1. The van der Waals surface area contributed by atoms with Gasteiger partial charge in [-0.1, -0.05) is 46.0 Å². The van der Waals surface area contributed by atoms with Crippen LogP contribution < -0.4 is 0 Å². The molecule has 2 rings (SSSR count). The van der Waals surface area contributed by atoms with E-state index in [1.807, 2.05) is 0 Å². The standard InChI is InChI=1S/C17H31NO3S/c1-3-8-14(9-4-2)17(19)18-12-16(13-18)22(20,21)15-10-6-5-7-11-15/h14-16H,3-13H2,1-2H3. The maximum absolute atomic E-state index is 12.6. The predicted molar refractivity (Wildman–Crippen MR) is 89.5 cm³/mol. The fourth-order valence-electron chi connectivity index (χ4n) is 3.84. The Morgan fingerprint density at radius 3 is 2.05 bits per heavy atom. The number of carbonyl (C=O) groups excluding carboxylic acids is 1. The van der Waals surface area contributed by atoms with Crippen molar-refractivity contribution in [2.75, 3.05) is 13.1 Å². The van der Waals surface area contributed by atoms with Gasteiger partial charge in [-0.2, -0.15) is 0 Å². The molecule has 2 fully saturated rings. The molecule has 1 amide bonds. The first-order chi connectivity index (χ1) is 10.5. The molecule has 128 valence electrons. The lowest BCUT2D eigenvalue weighted by molar-refractivity contribution is -0.139. The monoisotopic (exact) mass is 329 g/mol. The third kappa shape index (κ3) is 3.84. The van der Waals surface area contributed by atoms with Crippen LogP contribution in [-0.2, 0) is 14.6 Å². The van der Waals surface area contributed by atoms with Gasteiger partial charge in [0.25, 0.3) is 0 Å². The van der Waals surface area contributed by atoms with Crippen LogP contribution in [0.15, 0.2) is 0 Å². The van der Waals surface area contributed by atoms with Crippen LogP contribution in [0.4, 0.5) is 0 Å². The molecule has 5 heteroatoms. The summed E-state index contributed by atoms with van der Waals surface area (Å²) in [5.41, 5.74) is 0. The van der Waals surface area contributed by atoms with Gasteiger partial charge in [0.1, 0.15) is 0 Å². The Labute approximate surface area is 135 Å². The highest BCUT2D eigenvalue weighted by atomic mass is 32.2. The van der Waals surface area contributed by atoms with Gasteiger partial charge in [-0.3, -0.25) is 4.79 Å². The quantitative estimate of drug-likeness (QED) is 0.721. The Morgan fingerprint density at radius 1 is 1.00 bits per heavy atom. The third-order valence-corrected chi connectivity index (χ3v) is 7.89. The number of hydrogen-bond donors (Lipinski definition) is 0. The Morgan fingerprint density at radius 2 is 1.55 bits per heavy atom. The molecule has 0 aromatic rings. The summed E-state index contributed by atoms with van der Waals surface area (Å²) in [4.78, 5) is 14.3. The third-order valence-electron chi connectivity index (χ3n) is 5.26. The number of sulfone groups is 1. The Bertz CT molecular complexity index is 456. The molecule has 1 saturated carbocycles. The summed E-state index contributed by atoms with van der Waals surface area (Å²) >= 11 is 0. The molecular weight excluding hydrogens is 298 g/mol. The van der Waals surface area contributed by atoms with Gasteiger partial charge in [-0.05, 0) is 25.7 Å². The van der Waals surface area contributed by atoms with E-state index in [0.717, 1.165) is 57.8 Å². The highest BCUT2D eigenvalue weighted by molar-refractivity contribution is 7.92. The van der Waals surface area contributed by atoms with Crippen LogP contribution in [0.3, 0.4) is 0 Å². The average molecular weight is 330 g/mol. The number of amides is 1. The van der Waals surface area contributed by atoms with E-state index in [1.54, 1.807) is 4.90 Å². The molecule has 0 aromatic carbocycles. The maximum atomic E-state index is 12.6. The fourth-order valence-corrected chi connectivity index (χ4v) is 6.15. The molecule has 0 N–H and O–H groups in total. The summed E-state index contributed by atoms with van der Waals surface area (Å²) in [5, 5.41) is -0.450. The lowest BCUT2D eigenvalue weighted by Crippen LogP contribution is -2.60. The van der Waals surface area contributed by atoms with Crippen molar-refractivity contribution in [1.29, 1.82) is 0 Å². The molecule has 1 aliphatic carbocycles. The van der Waals surface area contributed by atoms with Crippen molar-refractivity contribution < 1.29 is 13.2 Å². The van der Waals surface area contributed by atoms with E-state index in [-0.39, 0.29) is 22.3 Å². The summed E-state index contributed by atoms with van der Waals surface area (Å²) in [6, 6.07) is 0. The first-order valence-electron chi connectivity index (χ1n) is 9.02. The normalized spacial score (nSPS) is 21.1. The number of likely N-dealkylation sites (tertiary alicyclic amines) is 1. The van der Waals surface area contributed by atoms with Crippen LogP contribution >= 0.6 is 0 Å². The Hall–Kier alpha value is -0.580. The Balaban J connectivity index is 1.89. The molecule has 1 saturated heterocycles. The molecule has 22 heavy (non-hydrogen) atoms. The van der Waals surface area contributed by atoms with E-state index in [2.05, 4.69) is 13.8 Å². The van der Waals surface area contributed by atoms with Crippen LogP contribution in [0.2, 0.25) is 0 Å². The second kappa shape index (κ2) is 7.80. The second-order valence-corrected chi connectivity index (χ2v) is 9.50. The average Bonchev–Trinajstić information content (AvgIpc) is 2.46. The van der Waals surface area contributed by atoms with Gasteiger partial charge < -0.3 is 4.90 Å². The minimum atomic E-state index is -3.04. The minimum absolute atomic E-state index is 0.0911. The predicted octanol–water partition coefficient (Wildman–Crippen LogP) is 3.16. The second-order valence-electron chi connectivity index (χ2n) is 6.99. The van der Waals surface area contributed by atoms with Crippen molar-refractivity contribution >= 4 is 15.7 Å². The van der Waals surface area contributed by atoms with Crippen LogP contribution in [0.25, 0.3) is 0 Å². The van der Waals surface area contributed by atoms with E-state index in [9.17, 15) is 13.2 Å². The van der Waals surface area contributed by atoms with Crippen molar-refractivity contribution in [2.45, 2.75) is 82.1 Å². The summed E-state index contributed by atoms with van der Waals surface area (Å²) in [6.45, 7) is 5.06. The smallest absolute Gasteiger partial charge is 0.225 e. The van der Waals surface area contributed by atoms with E-state index in [0.29, 0.717) is 13.1 Å². The minimum Gasteiger partial charge on any atom is -0.340 e. The van der Waals surface area contributed by atoms with Crippen molar-refractivity contribution in [2.24, 2.45) is 5.92 Å². The number of nitrogens with zero attached hydrogens (tertiary/aromatic N) is 1. The molecule has 0 atom stereocenters.